The van der Waals surface area contributed by atoms with Crippen molar-refractivity contribution in [3.8, 4) is 0 Å². The van der Waals surface area contributed by atoms with Gasteiger partial charge in [-0.2, -0.15) is 5.10 Å². The highest BCUT2D eigenvalue weighted by Gasteiger charge is 2.11. The van der Waals surface area contributed by atoms with Gasteiger partial charge in [-0.1, -0.05) is 18.2 Å². The van der Waals surface area contributed by atoms with Gasteiger partial charge in [0.25, 0.3) is 5.91 Å². The van der Waals surface area contributed by atoms with Crippen LogP contribution in [0.1, 0.15) is 30.6 Å². The van der Waals surface area contributed by atoms with Crippen molar-refractivity contribution in [2.24, 2.45) is 5.10 Å². The van der Waals surface area contributed by atoms with Crippen LogP contribution in [0.2, 0.25) is 0 Å². The summed E-state index contributed by atoms with van der Waals surface area (Å²) in [5, 5.41) is 9.27. The minimum absolute atomic E-state index is 0.0850. The van der Waals surface area contributed by atoms with Gasteiger partial charge in [0, 0.05) is 48.9 Å². The van der Waals surface area contributed by atoms with Gasteiger partial charge in [-0.15, -0.1) is 0 Å². The number of amides is 2. The predicted octanol–water partition coefficient (Wildman–Crippen LogP) is 5.55. The molecule has 0 aliphatic carbocycles. The molecule has 0 radical (unpaired) electrons. The molecule has 0 atom stereocenters. The van der Waals surface area contributed by atoms with Crippen LogP contribution >= 0.6 is 22.6 Å². The second-order valence-corrected chi connectivity index (χ2v) is 8.76. The number of benzene rings is 3. The van der Waals surface area contributed by atoms with E-state index in [0.29, 0.717) is 11.3 Å². The third kappa shape index (κ3) is 4.67. The SMILES string of the molecule is CCn1c2ccccc2c2cc(NC(=O)C/C(C)=N\NC(=O)c3ccc(I)cc3)ccc21. The molecule has 1 heterocycles. The minimum Gasteiger partial charge on any atom is -0.341 e. The molecule has 2 amide bonds. The number of hydrogen-bond acceptors (Lipinski definition) is 3. The number of nitrogens with one attached hydrogen (secondary N) is 2. The summed E-state index contributed by atoms with van der Waals surface area (Å²) in [6, 6.07) is 21.4. The Bertz CT molecular complexity index is 1340. The third-order valence-electron chi connectivity index (χ3n) is 5.24. The lowest BCUT2D eigenvalue weighted by Gasteiger charge is -2.07. The fourth-order valence-corrected chi connectivity index (χ4v) is 4.12. The molecule has 32 heavy (non-hydrogen) atoms. The van der Waals surface area contributed by atoms with E-state index in [1.54, 1.807) is 19.1 Å². The Kier molecular flexibility index (Phi) is 6.55. The van der Waals surface area contributed by atoms with E-state index < -0.39 is 0 Å². The molecule has 162 valence electrons. The highest BCUT2D eigenvalue weighted by Crippen LogP contribution is 2.31. The second-order valence-electron chi connectivity index (χ2n) is 7.51. The fraction of sp³-hybridized carbons (Fsp3) is 0.160. The van der Waals surface area contributed by atoms with Crippen LogP contribution in [0.3, 0.4) is 0 Å². The van der Waals surface area contributed by atoms with Crippen molar-refractivity contribution < 1.29 is 9.59 Å². The lowest BCUT2D eigenvalue weighted by Crippen LogP contribution is -2.21. The van der Waals surface area contributed by atoms with E-state index in [9.17, 15) is 9.59 Å². The van der Waals surface area contributed by atoms with Crippen LogP contribution in [-0.4, -0.2) is 22.1 Å². The number of aryl methyl sites for hydroxylation is 1. The number of anilines is 1. The predicted molar refractivity (Wildman–Crippen MR) is 138 cm³/mol. The van der Waals surface area contributed by atoms with Crippen molar-refractivity contribution in [2.45, 2.75) is 26.8 Å². The summed E-state index contributed by atoms with van der Waals surface area (Å²) in [5.74, 6) is -0.493. The van der Waals surface area contributed by atoms with E-state index in [4.69, 9.17) is 0 Å². The molecule has 6 nitrogen and oxygen atoms in total. The van der Waals surface area contributed by atoms with Crippen molar-refractivity contribution in [1.82, 2.24) is 9.99 Å². The number of hydrazone groups is 1. The molecule has 0 aliphatic heterocycles. The van der Waals surface area contributed by atoms with Gasteiger partial charge in [0.15, 0.2) is 0 Å². The maximum atomic E-state index is 12.5. The Labute approximate surface area is 199 Å². The average molecular weight is 538 g/mol. The molecule has 0 saturated carbocycles. The summed E-state index contributed by atoms with van der Waals surface area (Å²) in [6.07, 6.45) is 0.0850. The molecule has 4 aromatic rings. The zero-order chi connectivity index (χ0) is 22.7. The normalized spacial score (nSPS) is 11.7. The molecule has 1 aromatic heterocycles. The van der Waals surface area contributed by atoms with E-state index in [1.807, 2.05) is 42.5 Å². The first-order chi connectivity index (χ1) is 15.5. The molecule has 0 aliphatic rings. The van der Waals surface area contributed by atoms with Gasteiger partial charge in [0.05, 0.1) is 6.42 Å². The topological polar surface area (TPSA) is 75.5 Å². The second kappa shape index (κ2) is 9.52. The van der Waals surface area contributed by atoms with Crippen LogP contribution in [0.4, 0.5) is 5.69 Å². The number of hydrogen-bond donors (Lipinski definition) is 2. The van der Waals surface area contributed by atoms with Crippen molar-refractivity contribution in [3.63, 3.8) is 0 Å². The summed E-state index contributed by atoms with van der Waals surface area (Å²) in [5.41, 5.74) is 6.60. The van der Waals surface area contributed by atoms with E-state index in [-0.39, 0.29) is 18.2 Å². The van der Waals surface area contributed by atoms with Gasteiger partial charge in [0.2, 0.25) is 5.91 Å². The first-order valence-electron chi connectivity index (χ1n) is 10.4. The van der Waals surface area contributed by atoms with E-state index in [2.05, 4.69) is 62.1 Å². The maximum Gasteiger partial charge on any atom is 0.271 e. The zero-order valence-corrected chi connectivity index (χ0v) is 20.0. The summed E-state index contributed by atoms with van der Waals surface area (Å²) < 4.78 is 3.32. The molecule has 0 bridgehead atoms. The fourth-order valence-electron chi connectivity index (χ4n) is 3.76. The Hall–Kier alpha value is -3.20. The number of halogens is 1. The van der Waals surface area contributed by atoms with Gasteiger partial charge in [-0.25, -0.2) is 5.43 Å². The number of nitrogens with zero attached hydrogens (tertiary/aromatic N) is 2. The molecule has 0 fully saturated rings. The summed E-state index contributed by atoms with van der Waals surface area (Å²) in [7, 11) is 0. The molecule has 3 aromatic carbocycles. The molecule has 7 heteroatoms. The smallest absolute Gasteiger partial charge is 0.271 e. The molecule has 0 saturated heterocycles. The number of fused-ring (bicyclic) bond motifs is 3. The van der Waals surface area contributed by atoms with Gasteiger partial charge in [-0.05, 0) is 85.0 Å². The number of carbonyl (C=O) groups excluding carboxylic acids is 2. The van der Waals surface area contributed by atoms with Gasteiger partial charge < -0.3 is 9.88 Å². The van der Waals surface area contributed by atoms with Crippen LogP contribution in [0.15, 0.2) is 71.8 Å². The number of carbonyl (C=O) groups is 2. The number of aromatic nitrogens is 1. The lowest BCUT2D eigenvalue weighted by atomic mass is 10.1. The minimum atomic E-state index is -0.307. The summed E-state index contributed by atoms with van der Waals surface area (Å²) >= 11 is 2.18. The molecular weight excluding hydrogens is 515 g/mol. The van der Waals surface area contributed by atoms with Crippen molar-refractivity contribution in [2.75, 3.05) is 5.32 Å². The Morgan fingerprint density at radius 1 is 0.969 bits per heavy atom. The van der Waals surface area contributed by atoms with Crippen LogP contribution in [0.5, 0.6) is 0 Å². The Balaban J connectivity index is 1.44. The van der Waals surface area contributed by atoms with Crippen LogP contribution in [-0.2, 0) is 11.3 Å². The van der Waals surface area contributed by atoms with E-state index in [1.165, 1.54) is 5.52 Å². The number of rotatable bonds is 6. The molecule has 0 spiro atoms. The molecule has 4 rings (SSSR count). The van der Waals surface area contributed by atoms with E-state index in [0.717, 1.165) is 32.1 Å². The lowest BCUT2D eigenvalue weighted by molar-refractivity contribution is -0.115. The largest absolute Gasteiger partial charge is 0.341 e. The van der Waals surface area contributed by atoms with Gasteiger partial charge in [-0.3, -0.25) is 9.59 Å². The van der Waals surface area contributed by atoms with E-state index >= 15 is 0 Å². The van der Waals surface area contributed by atoms with Crippen molar-refractivity contribution in [3.05, 3.63) is 75.9 Å². The zero-order valence-electron chi connectivity index (χ0n) is 17.9. The summed E-state index contributed by atoms with van der Waals surface area (Å²) in [4.78, 5) is 24.7. The van der Waals surface area contributed by atoms with Crippen molar-refractivity contribution in [1.29, 1.82) is 0 Å². The first-order valence-corrected chi connectivity index (χ1v) is 11.4. The summed E-state index contributed by atoms with van der Waals surface area (Å²) in [6.45, 7) is 4.71. The highest BCUT2D eigenvalue weighted by atomic mass is 127. The van der Waals surface area contributed by atoms with Crippen molar-refractivity contribution >= 4 is 67.6 Å². The third-order valence-corrected chi connectivity index (χ3v) is 5.96. The molecule has 2 N–H and O–H groups in total. The monoisotopic (exact) mass is 538 g/mol. The quantitative estimate of drug-likeness (QED) is 0.192. The standard InChI is InChI=1S/C25H23IN4O2/c1-3-30-22-7-5-4-6-20(22)21-15-19(12-13-23(21)30)27-24(31)14-16(2)28-29-25(32)17-8-10-18(26)11-9-17/h4-13,15H,3,14H2,1-2H3,(H,27,31)(H,29,32)/b28-16-. The van der Waals surface area contributed by atoms with Crippen LogP contribution < -0.4 is 10.7 Å². The Morgan fingerprint density at radius 2 is 1.69 bits per heavy atom. The average Bonchev–Trinajstić information content (AvgIpc) is 3.11. The van der Waals surface area contributed by atoms with Crippen LogP contribution in [0, 0.1) is 3.57 Å². The highest BCUT2D eigenvalue weighted by molar-refractivity contribution is 14.1. The van der Waals surface area contributed by atoms with Gasteiger partial charge >= 0.3 is 0 Å². The van der Waals surface area contributed by atoms with Crippen LogP contribution in [0.25, 0.3) is 21.8 Å². The Morgan fingerprint density at radius 3 is 2.44 bits per heavy atom. The molecule has 0 unspecified atom stereocenters. The van der Waals surface area contributed by atoms with Gasteiger partial charge in [0.1, 0.15) is 0 Å². The maximum absolute atomic E-state index is 12.5. The first kappa shape index (κ1) is 22.0. The number of para-hydroxylation sites is 1. The molecular formula is C25H23IN4O2.